The third kappa shape index (κ3) is 2.94. The highest BCUT2D eigenvalue weighted by atomic mass is 35.5. The molecule has 0 saturated carbocycles. The second-order valence-corrected chi connectivity index (χ2v) is 5.10. The molecule has 96 valence electrons. The van der Waals surface area contributed by atoms with Crippen molar-refractivity contribution in [2.45, 2.75) is 6.54 Å². The minimum absolute atomic E-state index is 0.485. The Kier molecular flexibility index (Phi) is 3.48. The Morgan fingerprint density at radius 1 is 1.21 bits per heavy atom. The highest BCUT2D eigenvalue weighted by molar-refractivity contribution is 7.08. The monoisotopic (exact) mass is 291 g/mol. The van der Waals surface area contributed by atoms with Gasteiger partial charge in [0.25, 0.3) is 0 Å². The van der Waals surface area contributed by atoms with Gasteiger partial charge in [0.05, 0.1) is 6.54 Å². The van der Waals surface area contributed by atoms with Crippen LogP contribution >= 0.6 is 22.9 Å². The summed E-state index contributed by atoms with van der Waals surface area (Å²) >= 11 is 7.43. The summed E-state index contributed by atoms with van der Waals surface area (Å²) in [6.07, 6.45) is 0. The van der Waals surface area contributed by atoms with Crippen LogP contribution in [0, 0.1) is 0 Å². The fourth-order valence-electron chi connectivity index (χ4n) is 1.58. The molecule has 1 aromatic carbocycles. The first kappa shape index (κ1) is 12.2. The van der Waals surface area contributed by atoms with Gasteiger partial charge in [-0.15, -0.1) is 0 Å². The van der Waals surface area contributed by atoms with E-state index in [9.17, 15) is 0 Å². The molecule has 0 unspecified atom stereocenters. The standard InChI is InChI=1S/C13H10ClN3OS/c14-10-1-3-11(4-2-10)15-7-12-16-13(17-18-12)9-5-6-19-8-9/h1-6,8,15H,7H2. The van der Waals surface area contributed by atoms with Crippen LogP contribution in [0.4, 0.5) is 5.69 Å². The number of benzene rings is 1. The molecule has 6 heteroatoms. The SMILES string of the molecule is Clc1ccc(NCc2nc(-c3ccsc3)no2)cc1. The van der Waals surface area contributed by atoms with Gasteiger partial charge in [0.2, 0.25) is 11.7 Å². The van der Waals surface area contributed by atoms with Crippen LogP contribution in [-0.4, -0.2) is 10.1 Å². The molecular weight excluding hydrogens is 282 g/mol. The van der Waals surface area contributed by atoms with Crippen LogP contribution in [0.1, 0.15) is 5.89 Å². The summed E-state index contributed by atoms with van der Waals surface area (Å²) in [5.41, 5.74) is 1.94. The maximum atomic E-state index is 5.82. The van der Waals surface area contributed by atoms with E-state index < -0.39 is 0 Å². The predicted octanol–water partition coefficient (Wildman–Crippen LogP) is 4.06. The molecule has 0 aliphatic heterocycles. The van der Waals surface area contributed by atoms with E-state index in [0.29, 0.717) is 23.3 Å². The second kappa shape index (κ2) is 5.42. The Bertz CT molecular complexity index is 649. The van der Waals surface area contributed by atoms with Gasteiger partial charge in [-0.2, -0.15) is 16.3 Å². The lowest BCUT2D eigenvalue weighted by Gasteiger charge is -2.02. The predicted molar refractivity (Wildman–Crippen MR) is 76.4 cm³/mol. The molecule has 3 rings (SSSR count). The van der Waals surface area contributed by atoms with Crippen LogP contribution in [0.15, 0.2) is 45.6 Å². The molecule has 4 nitrogen and oxygen atoms in total. The van der Waals surface area contributed by atoms with Gasteiger partial charge in [-0.1, -0.05) is 16.8 Å². The minimum atomic E-state index is 0.485. The zero-order valence-corrected chi connectivity index (χ0v) is 11.4. The molecular formula is C13H10ClN3OS. The molecule has 0 amide bonds. The van der Waals surface area contributed by atoms with Crippen molar-refractivity contribution in [3.63, 3.8) is 0 Å². The van der Waals surface area contributed by atoms with E-state index in [4.69, 9.17) is 16.1 Å². The van der Waals surface area contributed by atoms with E-state index in [1.807, 2.05) is 41.1 Å². The summed E-state index contributed by atoms with van der Waals surface area (Å²) in [5, 5.41) is 11.8. The topological polar surface area (TPSA) is 51.0 Å². The number of thiophene rings is 1. The van der Waals surface area contributed by atoms with Gasteiger partial charge in [-0.3, -0.25) is 0 Å². The average molecular weight is 292 g/mol. The van der Waals surface area contributed by atoms with E-state index in [1.54, 1.807) is 11.3 Å². The number of anilines is 1. The van der Waals surface area contributed by atoms with Crippen molar-refractivity contribution in [2.24, 2.45) is 0 Å². The largest absolute Gasteiger partial charge is 0.376 e. The molecule has 0 atom stereocenters. The Hall–Kier alpha value is -1.85. The third-order valence-corrected chi connectivity index (χ3v) is 3.47. The zero-order chi connectivity index (χ0) is 13.1. The summed E-state index contributed by atoms with van der Waals surface area (Å²) in [4.78, 5) is 4.33. The second-order valence-electron chi connectivity index (χ2n) is 3.88. The number of hydrogen-bond acceptors (Lipinski definition) is 5. The molecule has 1 N–H and O–H groups in total. The van der Waals surface area contributed by atoms with Crippen LogP contribution in [0.5, 0.6) is 0 Å². The van der Waals surface area contributed by atoms with Crippen molar-refractivity contribution in [2.75, 3.05) is 5.32 Å². The average Bonchev–Trinajstić information content (AvgIpc) is 3.09. The van der Waals surface area contributed by atoms with Crippen LogP contribution in [0.2, 0.25) is 5.02 Å². The van der Waals surface area contributed by atoms with Crippen molar-refractivity contribution >= 4 is 28.6 Å². The Morgan fingerprint density at radius 2 is 2.05 bits per heavy atom. The number of rotatable bonds is 4. The molecule has 0 spiro atoms. The third-order valence-electron chi connectivity index (χ3n) is 2.54. The number of hydrogen-bond donors (Lipinski definition) is 1. The molecule has 0 aliphatic rings. The highest BCUT2D eigenvalue weighted by Crippen LogP contribution is 2.19. The first-order chi connectivity index (χ1) is 9.31. The van der Waals surface area contributed by atoms with Crippen LogP contribution in [0.25, 0.3) is 11.4 Å². The summed E-state index contributed by atoms with van der Waals surface area (Å²) in [7, 11) is 0. The number of nitrogens with one attached hydrogen (secondary N) is 1. The summed E-state index contributed by atoms with van der Waals surface area (Å²) in [5.74, 6) is 1.17. The Balaban J connectivity index is 1.66. The molecule has 0 saturated heterocycles. The molecule has 0 fully saturated rings. The lowest BCUT2D eigenvalue weighted by atomic mass is 10.3. The summed E-state index contributed by atoms with van der Waals surface area (Å²) in [6, 6.07) is 9.42. The minimum Gasteiger partial charge on any atom is -0.376 e. The van der Waals surface area contributed by atoms with Gasteiger partial charge >= 0.3 is 0 Å². The van der Waals surface area contributed by atoms with Crippen molar-refractivity contribution in [1.29, 1.82) is 0 Å². The maximum Gasteiger partial charge on any atom is 0.246 e. The molecule has 0 aliphatic carbocycles. The van der Waals surface area contributed by atoms with E-state index in [2.05, 4.69) is 15.5 Å². The molecule has 2 aromatic heterocycles. The highest BCUT2D eigenvalue weighted by Gasteiger charge is 2.08. The summed E-state index contributed by atoms with van der Waals surface area (Å²) in [6.45, 7) is 0.485. The van der Waals surface area contributed by atoms with Gasteiger partial charge in [-0.25, -0.2) is 0 Å². The Labute approximate surface area is 119 Å². The van der Waals surface area contributed by atoms with E-state index in [1.165, 1.54) is 0 Å². The van der Waals surface area contributed by atoms with Crippen molar-refractivity contribution in [1.82, 2.24) is 10.1 Å². The first-order valence-electron chi connectivity index (χ1n) is 5.66. The fourth-order valence-corrected chi connectivity index (χ4v) is 2.34. The smallest absolute Gasteiger partial charge is 0.246 e. The maximum absolute atomic E-state index is 5.82. The number of halogens is 1. The quantitative estimate of drug-likeness (QED) is 0.787. The van der Waals surface area contributed by atoms with Crippen molar-refractivity contribution in [3.8, 4) is 11.4 Å². The summed E-state index contributed by atoms with van der Waals surface area (Å²) < 4.78 is 5.19. The molecule has 3 aromatic rings. The van der Waals surface area contributed by atoms with Gasteiger partial charge < -0.3 is 9.84 Å². The zero-order valence-electron chi connectivity index (χ0n) is 9.84. The van der Waals surface area contributed by atoms with E-state index in [-0.39, 0.29) is 0 Å². The number of aromatic nitrogens is 2. The van der Waals surface area contributed by atoms with Gasteiger partial charge in [0.15, 0.2) is 0 Å². The van der Waals surface area contributed by atoms with Crippen LogP contribution < -0.4 is 5.32 Å². The van der Waals surface area contributed by atoms with Gasteiger partial charge in [0.1, 0.15) is 0 Å². The van der Waals surface area contributed by atoms with Gasteiger partial charge in [-0.05, 0) is 35.7 Å². The fraction of sp³-hybridized carbons (Fsp3) is 0.0769. The number of nitrogens with zero attached hydrogens (tertiary/aromatic N) is 2. The lowest BCUT2D eigenvalue weighted by molar-refractivity contribution is 0.384. The molecule has 2 heterocycles. The Morgan fingerprint density at radius 3 is 2.79 bits per heavy atom. The van der Waals surface area contributed by atoms with Gasteiger partial charge in [0, 0.05) is 21.7 Å². The van der Waals surface area contributed by atoms with Crippen LogP contribution in [0.3, 0.4) is 0 Å². The van der Waals surface area contributed by atoms with Crippen LogP contribution in [-0.2, 0) is 6.54 Å². The van der Waals surface area contributed by atoms with E-state index in [0.717, 1.165) is 11.3 Å². The first-order valence-corrected chi connectivity index (χ1v) is 6.98. The molecule has 0 bridgehead atoms. The normalized spacial score (nSPS) is 10.6. The van der Waals surface area contributed by atoms with E-state index >= 15 is 0 Å². The lowest BCUT2D eigenvalue weighted by Crippen LogP contribution is -1.99. The molecule has 19 heavy (non-hydrogen) atoms. The van der Waals surface area contributed by atoms with Crippen molar-refractivity contribution < 1.29 is 4.52 Å². The molecule has 0 radical (unpaired) electrons. The van der Waals surface area contributed by atoms with Crippen molar-refractivity contribution in [3.05, 3.63) is 52.0 Å².